The molecular formula is C7H7Cl2P. The summed E-state index contributed by atoms with van der Waals surface area (Å²) in [6.07, 6.45) is 0. The average molecular weight is 193 g/mol. The van der Waals surface area contributed by atoms with Crippen LogP contribution in [-0.4, -0.2) is 0 Å². The zero-order chi connectivity index (χ0) is 7.56. The van der Waals surface area contributed by atoms with Crippen LogP contribution in [0.5, 0.6) is 0 Å². The third-order valence-corrected chi connectivity index (χ3v) is 2.08. The van der Waals surface area contributed by atoms with Gasteiger partial charge in [0.15, 0.2) is 0 Å². The molecule has 3 heteroatoms. The van der Waals surface area contributed by atoms with E-state index in [-0.39, 0.29) is 0 Å². The number of benzene rings is 1. The molecule has 0 aromatic heterocycles. The highest BCUT2D eigenvalue weighted by Gasteiger charge is 2.00. The fraction of sp³-hybridized carbons (Fsp3) is 0.143. The Morgan fingerprint density at radius 2 is 1.60 bits per heavy atom. The van der Waals surface area contributed by atoms with Gasteiger partial charge in [-0.15, -0.1) is 32.4 Å². The van der Waals surface area contributed by atoms with E-state index in [0.29, 0.717) is 0 Å². The second-order valence-corrected chi connectivity index (χ2v) is 3.73. The van der Waals surface area contributed by atoms with Crippen LogP contribution < -0.4 is 5.30 Å². The van der Waals surface area contributed by atoms with Crippen LogP contribution in [0.1, 0.15) is 10.4 Å². The van der Waals surface area contributed by atoms with Gasteiger partial charge in [-0.3, -0.25) is 0 Å². The molecule has 0 fully saturated rings. The third kappa shape index (κ3) is 2.12. The Labute approximate surface area is 72.7 Å². The van der Waals surface area contributed by atoms with Crippen molar-refractivity contribution >= 4 is 37.7 Å². The molecule has 0 heterocycles. The van der Waals surface area contributed by atoms with Gasteiger partial charge in [0.25, 0.3) is 0 Å². The maximum Gasteiger partial charge on any atom is 0.132 e. The van der Waals surface area contributed by atoms with Crippen molar-refractivity contribution in [1.82, 2.24) is 0 Å². The molecule has 1 aromatic rings. The van der Waals surface area contributed by atoms with Gasteiger partial charge in [0.2, 0.25) is 0 Å². The Kier molecular flexibility index (Phi) is 2.97. The van der Waals surface area contributed by atoms with Crippen LogP contribution in [0.3, 0.4) is 0 Å². The van der Waals surface area contributed by atoms with Crippen molar-refractivity contribution in [3.05, 3.63) is 29.8 Å². The molecule has 1 aromatic carbocycles. The number of hydrogen-bond acceptors (Lipinski definition) is 0. The van der Waals surface area contributed by atoms with E-state index in [9.17, 15) is 0 Å². The molecule has 0 spiro atoms. The molecule has 0 amide bonds. The summed E-state index contributed by atoms with van der Waals surface area (Å²) in [5.74, 6) is 0. The Morgan fingerprint density at radius 3 is 2.00 bits per heavy atom. The highest BCUT2D eigenvalue weighted by atomic mass is 35.5. The standard InChI is InChI=1S/C7H7Cl2P/c8-7(9)5-1-3-6(10)4-2-5/h1-4,7H,10H2. The van der Waals surface area contributed by atoms with E-state index >= 15 is 0 Å². The monoisotopic (exact) mass is 192 g/mol. The quantitative estimate of drug-likeness (QED) is 0.475. The smallest absolute Gasteiger partial charge is 0.106 e. The molecule has 1 rings (SSSR count). The molecule has 1 atom stereocenters. The average Bonchev–Trinajstić information content (AvgIpc) is 1.88. The molecule has 0 bridgehead atoms. The van der Waals surface area contributed by atoms with Crippen molar-refractivity contribution in [2.75, 3.05) is 0 Å². The minimum atomic E-state index is -0.411. The van der Waals surface area contributed by atoms with Gasteiger partial charge >= 0.3 is 0 Å². The predicted molar refractivity (Wildman–Crippen MR) is 50.2 cm³/mol. The van der Waals surface area contributed by atoms with Crippen LogP contribution in [-0.2, 0) is 0 Å². The lowest BCUT2D eigenvalue weighted by atomic mass is 10.2. The van der Waals surface area contributed by atoms with Crippen molar-refractivity contribution in [1.29, 1.82) is 0 Å². The molecule has 0 N–H and O–H groups in total. The van der Waals surface area contributed by atoms with Crippen LogP contribution in [0.4, 0.5) is 0 Å². The fourth-order valence-electron chi connectivity index (χ4n) is 0.641. The molecule has 10 heavy (non-hydrogen) atoms. The van der Waals surface area contributed by atoms with Gasteiger partial charge in [0.1, 0.15) is 4.84 Å². The van der Waals surface area contributed by atoms with Crippen molar-refractivity contribution < 1.29 is 0 Å². The van der Waals surface area contributed by atoms with Crippen LogP contribution >= 0.6 is 32.4 Å². The van der Waals surface area contributed by atoms with Crippen LogP contribution in [0.25, 0.3) is 0 Å². The van der Waals surface area contributed by atoms with E-state index in [1.54, 1.807) is 0 Å². The largest absolute Gasteiger partial charge is 0.132 e. The number of rotatable bonds is 1. The van der Waals surface area contributed by atoms with Crippen LogP contribution in [0.2, 0.25) is 0 Å². The summed E-state index contributed by atoms with van der Waals surface area (Å²) in [5, 5.41) is 1.14. The second kappa shape index (κ2) is 3.57. The summed E-state index contributed by atoms with van der Waals surface area (Å²) in [7, 11) is 2.60. The Hall–Kier alpha value is 0.230. The van der Waals surface area contributed by atoms with E-state index in [0.717, 1.165) is 10.9 Å². The van der Waals surface area contributed by atoms with E-state index < -0.39 is 4.84 Å². The van der Waals surface area contributed by atoms with Crippen molar-refractivity contribution in [3.63, 3.8) is 0 Å². The van der Waals surface area contributed by atoms with E-state index in [1.165, 1.54) is 0 Å². The molecule has 0 saturated carbocycles. The summed E-state index contributed by atoms with van der Waals surface area (Å²) < 4.78 is 0. The summed E-state index contributed by atoms with van der Waals surface area (Å²) in [6.45, 7) is 0. The maximum absolute atomic E-state index is 5.61. The van der Waals surface area contributed by atoms with Gasteiger partial charge < -0.3 is 0 Å². The van der Waals surface area contributed by atoms with Crippen molar-refractivity contribution in [3.8, 4) is 0 Å². The van der Waals surface area contributed by atoms with Gasteiger partial charge in [-0.1, -0.05) is 24.3 Å². The topological polar surface area (TPSA) is 0 Å². The first-order valence-electron chi connectivity index (χ1n) is 2.84. The molecular weight excluding hydrogens is 186 g/mol. The summed E-state index contributed by atoms with van der Waals surface area (Å²) >= 11 is 11.2. The maximum atomic E-state index is 5.61. The van der Waals surface area contributed by atoms with Gasteiger partial charge in [0.05, 0.1) is 0 Å². The molecule has 0 aliphatic carbocycles. The van der Waals surface area contributed by atoms with E-state index in [1.807, 2.05) is 24.3 Å². The number of hydrogen-bond donors (Lipinski definition) is 0. The molecule has 0 radical (unpaired) electrons. The highest BCUT2D eigenvalue weighted by molar-refractivity contribution is 7.27. The zero-order valence-corrected chi connectivity index (χ0v) is 7.89. The predicted octanol–water partition coefficient (Wildman–Crippen LogP) is 2.66. The van der Waals surface area contributed by atoms with E-state index in [4.69, 9.17) is 23.2 Å². The third-order valence-electron chi connectivity index (χ3n) is 1.19. The van der Waals surface area contributed by atoms with Crippen LogP contribution in [0.15, 0.2) is 24.3 Å². The number of alkyl halides is 2. The molecule has 0 aliphatic heterocycles. The summed E-state index contributed by atoms with van der Waals surface area (Å²) in [4.78, 5) is -0.411. The lowest BCUT2D eigenvalue weighted by Crippen LogP contribution is -1.89. The lowest BCUT2D eigenvalue weighted by Gasteiger charge is -1.99. The van der Waals surface area contributed by atoms with Gasteiger partial charge in [-0.2, -0.15) is 0 Å². The minimum absolute atomic E-state index is 0.411. The molecule has 1 unspecified atom stereocenters. The Balaban J connectivity index is 2.89. The highest BCUT2D eigenvalue weighted by Crippen LogP contribution is 2.23. The first-order chi connectivity index (χ1) is 4.70. The SMILES string of the molecule is Pc1ccc(C(Cl)Cl)cc1. The summed E-state index contributed by atoms with van der Waals surface area (Å²) in [6, 6.07) is 7.73. The molecule has 0 saturated heterocycles. The number of halogens is 2. The second-order valence-electron chi connectivity index (χ2n) is 1.97. The first kappa shape index (κ1) is 8.33. The van der Waals surface area contributed by atoms with Gasteiger partial charge in [-0.25, -0.2) is 0 Å². The van der Waals surface area contributed by atoms with Gasteiger partial charge in [-0.05, 0) is 10.9 Å². The minimum Gasteiger partial charge on any atom is -0.106 e. The molecule has 54 valence electrons. The molecule has 0 aliphatic rings. The summed E-state index contributed by atoms with van der Waals surface area (Å²) in [5.41, 5.74) is 0.939. The van der Waals surface area contributed by atoms with Gasteiger partial charge in [0, 0.05) is 0 Å². The Morgan fingerprint density at radius 1 is 1.10 bits per heavy atom. The van der Waals surface area contributed by atoms with E-state index in [2.05, 4.69) is 9.24 Å². The lowest BCUT2D eigenvalue weighted by molar-refractivity contribution is 1.36. The Bertz CT molecular complexity index is 205. The molecule has 0 nitrogen and oxygen atoms in total. The first-order valence-corrected chi connectivity index (χ1v) is 4.29. The van der Waals surface area contributed by atoms with Crippen molar-refractivity contribution in [2.24, 2.45) is 0 Å². The normalized spacial score (nSPS) is 10.4. The fourth-order valence-corrected chi connectivity index (χ4v) is 1.12. The van der Waals surface area contributed by atoms with Crippen LogP contribution in [0, 0.1) is 0 Å². The van der Waals surface area contributed by atoms with Crippen molar-refractivity contribution in [2.45, 2.75) is 4.84 Å². The zero-order valence-electron chi connectivity index (χ0n) is 5.22.